The zero-order valence-corrected chi connectivity index (χ0v) is 35.9. The number of benzene rings is 2. The van der Waals surface area contributed by atoms with E-state index in [1.165, 1.54) is 0 Å². The first-order chi connectivity index (χ1) is 22.9. The monoisotopic (exact) mass is 792 g/mol. The van der Waals surface area contributed by atoms with Crippen molar-refractivity contribution in [3.05, 3.63) is 155 Å². The van der Waals surface area contributed by atoms with Crippen molar-refractivity contribution in [2.24, 2.45) is 43.8 Å². The smallest absolute Gasteiger partial charge is 1.00 e. The Balaban J connectivity index is 0.00000216. The van der Waals surface area contributed by atoms with Gasteiger partial charge in [-0.2, -0.15) is 0 Å². The van der Waals surface area contributed by atoms with Gasteiger partial charge in [0.1, 0.15) is 0 Å². The summed E-state index contributed by atoms with van der Waals surface area (Å²) in [5.74, 6) is 0.472. The molecule has 9 unspecified atom stereocenters. The maximum absolute atomic E-state index is 2.83. The number of allylic oxidation sites excluding steroid dienone is 16. The van der Waals surface area contributed by atoms with Crippen LogP contribution in [0.15, 0.2) is 155 Å². The van der Waals surface area contributed by atoms with E-state index >= 15 is 0 Å². The van der Waals surface area contributed by atoms with Crippen molar-refractivity contribution < 1.29 is 45.2 Å². The Kier molecular flexibility index (Phi) is 9.50. The second-order valence-electron chi connectivity index (χ2n) is 16.9. The van der Waals surface area contributed by atoms with Gasteiger partial charge in [0.2, 0.25) is 0 Å². The Bertz CT molecular complexity index is 1940. The normalized spacial score (nSPS) is 40.9. The maximum atomic E-state index is 2.83. The van der Waals surface area contributed by atoms with E-state index in [9.17, 15) is 0 Å². The van der Waals surface area contributed by atoms with Gasteiger partial charge in [0, 0.05) is 0 Å². The minimum atomic E-state index is -2.71. The zero-order chi connectivity index (χ0) is 33.8. The standard InChI is InChI=1S/C29H37.C12H10Si.C5H5.2ClH.Zr/c1-21-14-13-15-22-20-27(6)25(4)18-10-9-16-23(25,2)24(3)17-11-12-19-26(24,5)29(27,8)28(21,22)7;1-3-7-11(8-4-1)13-12-9-5-2-6-10-12;1-2-4-5-3-1;;;/h9-20,22H,1-8H3;1-10H;1-3H,4H2;2*1H;/q;;;;;+2/p-2. The first-order valence-corrected chi connectivity index (χ1v) is 26.0. The first kappa shape index (κ1) is 37.8. The zero-order valence-electron chi connectivity index (χ0n) is 31.0. The van der Waals surface area contributed by atoms with Crippen LogP contribution in [0.3, 0.4) is 0 Å². The summed E-state index contributed by atoms with van der Waals surface area (Å²) in [7, 11) is 0. The molecular formula is C46H52Cl2SiZr. The summed E-state index contributed by atoms with van der Waals surface area (Å²) in [5.41, 5.74) is 0.0927. The van der Waals surface area contributed by atoms with Gasteiger partial charge < -0.3 is 24.8 Å². The van der Waals surface area contributed by atoms with Gasteiger partial charge in [-0.3, -0.25) is 0 Å². The molecule has 0 nitrogen and oxygen atoms in total. The molecule has 4 heteroatoms. The fraction of sp³-hybridized carbons (Fsp3) is 0.391. The van der Waals surface area contributed by atoms with Gasteiger partial charge in [0.05, 0.1) is 0 Å². The van der Waals surface area contributed by atoms with Crippen molar-refractivity contribution in [2.75, 3.05) is 0 Å². The van der Waals surface area contributed by atoms with E-state index in [-0.39, 0.29) is 62.7 Å². The Morgan fingerprint density at radius 1 is 0.600 bits per heavy atom. The molecule has 2 aromatic rings. The quantitative estimate of drug-likeness (QED) is 0.401. The molecule has 0 N–H and O–H groups in total. The third-order valence-corrected chi connectivity index (χ3v) is 37.1. The summed E-state index contributed by atoms with van der Waals surface area (Å²) in [5, 5.41) is 3.22. The molecule has 0 aromatic heterocycles. The second-order valence-corrected chi connectivity index (χ2v) is 30.8. The van der Waals surface area contributed by atoms with Crippen LogP contribution in [0.25, 0.3) is 0 Å². The Hall–Kier alpha value is -1.96. The van der Waals surface area contributed by atoms with Gasteiger partial charge in [0.25, 0.3) is 0 Å². The molecule has 9 atom stereocenters. The van der Waals surface area contributed by atoms with E-state index in [2.05, 4.69) is 201 Å². The molecule has 0 amide bonds. The maximum Gasteiger partial charge on any atom is -1.00 e. The molecule has 8 rings (SSSR count). The third-order valence-electron chi connectivity index (χ3n) is 16.3. The Morgan fingerprint density at radius 2 is 1.10 bits per heavy atom. The van der Waals surface area contributed by atoms with Gasteiger partial charge in [-0.05, 0) is 0 Å². The molecule has 0 radical (unpaired) electrons. The fourth-order valence-corrected chi connectivity index (χ4v) is 38.6. The minimum Gasteiger partial charge on any atom is -1.00 e. The molecule has 6 aliphatic carbocycles. The van der Waals surface area contributed by atoms with Crippen LogP contribution >= 0.6 is 0 Å². The van der Waals surface area contributed by atoms with E-state index in [0.29, 0.717) is 9.54 Å². The van der Waals surface area contributed by atoms with Crippen LogP contribution in [0.5, 0.6) is 0 Å². The molecule has 0 saturated heterocycles. The molecule has 0 bridgehead atoms. The average molecular weight is 795 g/mol. The topological polar surface area (TPSA) is 0 Å². The van der Waals surface area contributed by atoms with Gasteiger partial charge in [-0.25, -0.2) is 0 Å². The van der Waals surface area contributed by atoms with Crippen LogP contribution in [0.4, 0.5) is 0 Å². The van der Waals surface area contributed by atoms with Crippen LogP contribution < -0.4 is 35.2 Å². The summed E-state index contributed by atoms with van der Waals surface area (Å²) in [6, 6.07) is 23.6. The SMILES string of the molecule is CC1=CC=CC2[CH]([Zr+2]([C]3=CC=CC3)=[Si](c3ccccc3)c3ccccc3)C3(C)C4(C)C=CC=CC4(C)C4(C)C=CC=CC4(C)C3(C)C12C.[Cl-].[Cl-]. The number of fused-ring (bicyclic) bond motifs is 8. The number of rotatable bonds is 4. The molecule has 50 heavy (non-hydrogen) atoms. The summed E-state index contributed by atoms with van der Waals surface area (Å²) >= 11 is -2.71. The van der Waals surface area contributed by atoms with Gasteiger partial charge in [-0.1, -0.05) is 0 Å². The van der Waals surface area contributed by atoms with Crippen LogP contribution in [0.1, 0.15) is 61.8 Å². The average Bonchev–Trinajstić information content (AvgIpc) is 3.68. The molecule has 0 aliphatic heterocycles. The van der Waals surface area contributed by atoms with Crippen LogP contribution in [0.2, 0.25) is 3.63 Å². The van der Waals surface area contributed by atoms with Crippen molar-refractivity contribution >= 4 is 15.8 Å². The summed E-state index contributed by atoms with van der Waals surface area (Å²) in [6.45, 7) is 21.5. The summed E-state index contributed by atoms with van der Waals surface area (Å²) < 4.78 is 2.42. The van der Waals surface area contributed by atoms with E-state index in [4.69, 9.17) is 0 Å². The number of halogens is 2. The van der Waals surface area contributed by atoms with Crippen molar-refractivity contribution in [1.82, 2.24) is 0 Å². The predicted octanol–water partition coefficient (Wildman–Crippen LogP) is 4.51. The van der Waals surface area contributed by atoms with Crippen molar-refractivity contribution in [3.8, 4) is 0 Å². The van der Waals surface area contributed by atoms with Crippen molar-refractivity contribution in [1.29, 1.82) is 0 Å². The molecule has 2 saturated carbocycles. The van der Waals surface area contributed by atoms with E-state index in [1.807, 2.05) is 3.28 Å². The number of hydrogen-bond acceptors (Lipinski definition) is 0. The first-order valence-electron chi connectivity index (χ1n) is 18.2. The van der Waals surface area contributed by atoms with Gasteiger partial charge >= 0.3 is 300 Å². The molecule has 2 fully saturated rings. The van der Waals surface area contributed by atoms with Crippen molar-refractivity contribution in [3.63, 3.8) is 0 Å². The molecular weight excluding hydrogens is 743 g/mol. The Labute approximate surface area is 322 Å². The van der Waals surface area contributed by atoms with Crippen LogP contribution in [0, 0.1) is 43.8 Å². The number of hydrogen-bond donors (Lipinski definition) is 0. The predicted molar refractivity (Wildman–Crippen MR) is 203 cm³/mol. The summed E-state index contributed by atoms with van der Waals surface area (Å²) in [6.07, 6.45) is 36.5. The molecule has 6 aliphatic rings. The summed E-state index contributed by atoms with van der Waals surface area (Å²) in [4.78, 5) is 0. The molecule has 258 valence electrons. The fourth-order valence-electron chi connectivity index (χ4n) is 13.1. The molecule has 2 aromatic carbocycles. The van der Waals surface area contributed by atoms with Crippen molar-refractivity contribution in [2.45, 2.75) is 65.4 Å². The van der Waals surface area contributed by atoms with Gasteiger partial charge in [-0.15, -0.1) is 0 Å². The Morgan fingerprint density at radius 3 is 1.62 bits per heavy atom. The second kappa shape index (κ2) is 12.6. The van der Waals surface area contributed by atoms with E-state index < -0.39 is 25.8 Å². The largest absolute Gasteiger partial charge is 1.00 e. The van der Waals surface area contributed by atoms with Gasteiger partial charge in [0.15, 0.2) is 0 Å². The molecule has 0 heterocycles. The minimum absolute atomic E-state index is 0. The van der Waals surface area contributed by atoms with E-state index in [0.717, 1.165) is 6.42 Å². The molecule has 0 spiro atoms. The van der Waals surface area contributed by atoms with E-state index in [1.54, 1.807) is 15.9 Å². The third kappa shape index (κ3) is 4.15. The van der Waals surface area contributed by atoms with Crippen LogP contribution in [-0.4, -0.2) is 5.43 Å². The van der Waals surface area contributed by atoms with Crippen LogP contribution in [-0.2, 0) is 20.4 Å².